The summed E-state index contributed by atoms with van der Waals surface area (Å²) in [6.45, 7) is 4.77. The summed E-state index contributed by atoms with van der Waals surface area (Å²) >= 11 is 0. The lowest BCUT2D eigenvalue weighted by Gasteiger charge is -2.31. The van der Waals surface area contributed by atoms with Crippen LogP contribution in [0.15, 0.2) is 0 Å². The number of aliphatic hydroxyl groups excluding tert-OH is 1. The van der Waals surface area contributed by atoms with Crippen LogP contribution in [0.1, 0.15) is 13.8 Å². The summed E-state index contributed by atoms with van der Waals surface area (Å²) in [4.78, 5) is 11.7. The molecule has 90 valence electrons. The van der Waals surface area contributed by atoms with Crippen molar-refractivity contribution < 1.29 is 19.4 Å². The summed E-state index contributed by atoms with van der Waals surface area (Å²) in [6, 6.07) is 0. The fourth-order valence-electron chi connectivity index (χ4n) is 4.55. The number of fused-ring (bicyclic) bond motifs is 5. The van der Waals surface area contributed by atoms with Crippen LogP contribution in [0.25, 0.3) is 0 Å². The molecule has 0 aromatic rings. The van der Waals surface area contributed by atoms with E-state index in [1.54, 1.807) is 7.11 Å². The molecular weight excluding hydrogens is 208 g/mol. The molecule has 2 saturated carbocycles. The van der Waals surface area contributed by atoms with E-state index in [-0.39, 0.29) is 41.2 Å². The second-order valence-corrected chi connectivity index (χ2v) is 5.88. The van der Waals surface area contributed by atoms with Crippen LogP contribution >= 0.6 is 0 Å². The smallest absolute Gasteiger partial charge is 0.309 e. The minimum Gasteiger partial charge on any atom is -0.465 e. The van der Waals surface area contributed by atoms with Crippen LogP contribution < -0.4 is 0 Å². The molecule has 4 heteroatoms. The maximum atomic E-state index is 11.7. The number of methoxy groups -OCH3 is 1. The second-order valence-electron chi connectivity index (χ2n) is 5.88. The Balaban J connectivity index is 2.04. The predicted octanol–water partition coefficient (Wildman–Crippen LogP) is 0.437. The van der Waals surface area contributed by atoms with Gasteiger partial charge in [-0.1, -0.05) is 13.8 Å². The highest BCUT2D eigenvalue weighted by Crippen LogP contribution is 2.65. The molecule has 3 rings (SSSR count). The molecule has 3 aliphatic rings. The molecule has 0 aromatic heterocycles. The number of cyclic esters (lactones) is 1. The number of hydrogen-bond acceptors (Lipinski definition) is 4. The molecule has 16 heavy (non-hydrogen) atoms. The lowest BCUT2D eigenvalue weighted by atomic mass is 9.78. The number of carbonyl (C=O) groups excluding carboxylic acids is 1. The van der Waals surface area contributed by atoms with E-state index in [4.69, 9.17) is 9.47 Å². The van der Waals surface area contributed by atoms with Crippen molar-refractivity contribution >= 4 is 5.97 Å². The molecule has 3 fully saturated rings. The van der Waals surface area contributed by atoms with Crippen LogP contribution in [0, 0.1) is 29.1 Å². The first-order valence-corrected chi connectivity index (χ1v) is 5.87. The normalized spacial score (nSPS) is 52.9. The van der Waals surface area contributed by atoms with Crippen LogP contribution in [0.4, 0.5) is 0 Å². The first-order chi connectivity index (χ1) is 7.50. The lowest BCUT2D eigenvalue weighted by Crippen LogP contribution is -2.43. The predicted molar refractivity (Wildman–Crippen MR) is 55.5 cm³/mol. The van der Waals surface area contributed by atoms with E-state index in [0.29, 0.717) is 6.61 Å². The Bertz CT molecular complexity index is 338. The van der Waals surface area contributed by atoms with Crippen molar-refractivity contribution in [3.8, 4) is 0 Å². The molecule has 4 nitrogen and oxygen atoms in total. The summed E-state index contributed by atoms with van der Waals surface area (Å²) in [6.07, 6.45) is -0.673. The van der Waals surface area contributed by atoms with Gasteiger partial charge in [0.05, 0.1) is 24.7 Å². The fraction of sp³-hybridized carbons (Fsp3) is 0.917. The van der Waals surface area contributed by atoms with E-state index < -0.39 is 6.10 Å². The third kappa shape index (κ3) is 0.955. The Morgan fingerprint density at radius 2 is 2.12 bits per heavy atom. The molecule has 0 spiro atoms. The van der Waals surface area contributed by atoms with Crippen LogP contribution in [0.5, 0.6) is 0 Å². The maximum Gasteiger partial charge on any atom is 0.309 e. The minimum atomic E-state index is -0.531. The molecule has 1 aliphatic heterocycles. The van der Waals surface area contributed by atoms with Crippen molar-refractivity contribution in [1.29, 1.82) is 0 Å². The largest absolute Gasteiger partial charge is 0.465 e. The fourth-order valence-corrected chi connectivity index (χ4v) is 4.55. The Hall–Kier alpha value is -0.610. The molecule has 6 atom stereocenters. The van der Waals surface area contributed by atoms with Crippen molar-refractivity contribution in [2.45, 2.75) is 26.1 Å². The quantitative estimate of drug-likeness (QED) is 0.659. The summed E-state index contributed by atoms with van der Waals surface area (Å²) < 4.78 is 10.5. The van der Waals surface area contributed by atoms with Gasteiger partial charge in [-0.05, 0) is 5.41 Å². The standard InChI is InChI=1S/C12H18O4/c1-12(2)7-5-4-16-11(14)6(5)8(12)9(13)10(7)15-3/h5-10,13H,4H2,1-3H3. The number of rotatable bonds is 1. The van der Waals surface area contributed by atoms with Gasteiger partial charge in [-0.3, -0.25) is 4.79 Å². The van der Waals surface area contributed by atoms with Gasteiger partial charge in [0.1, 0.15) is 0 Å². The van der Waals surface area contributed by atoms with Crippen LogP contribution in [-0.2, 0) is 14.3 Å². The van der Waals surface area contributed by atoms with Gasteiger partial charge in [-0.2, -0.15) is 0 Å². The molecule has 0 aromatic carbocycles. The van der Waals surface area contributed by atoms with Gasteiger partial charge in [0.15, 0.2) is 0 Å². The molecule has 1 N–H and O–H groups in total. The second kappa shape index (κ2) is 2.99. The molecule has 1 heterocycles. The van der Waals surface area contributed by atoms with Crippen molar-refractivity contribution in [3.05, 3.63) is 0 Å². The van der Waals surface area contributed by atoms with Crippen molar-refractivity contribution in [2.75, 3.05) is 13.7 Å². The van der Waals surface area contributed by atoms with Crippen molar-refractivity contribution in [1.82, 2.24) is 0 Å². The minimum absolute atomic E-state index is 0.0116. The van der Waals surface area contributed by atoms with Gasteiger partial charge in [0.2, 0.25) is 0 Å². The molecule has 0 radical (unpaired) electrons. The number of aliphatic hydroxyl groups is 1. The number of esters is 1. The zero-order valence-corrected chi connectivity index (χ0v) is 9.84. The molecule has 6 unspecified atom stereocenters. The highest BCUT2D eigenvalue weighted by molar-refractivity contribution is 5.76. The molecular formula is C12H18O4. The lowest BCUT2D eigenvalue weighted by molar-refractivity contribution is -0.145. The summed E-state index contributed by atoms with van der Waals surface area (Å²) in [5, 5.41) is 10.2. The number of hydrogen-bond donors (Lipinski definition) is 1. The Morgan fingerprint density at radius 3 is 2.75 bits per heavy atom. The molecule has 1 saturated heterocycles. The van der Waals surface area contributed by atoms with E-state index in [2.05, 4.69) is 13.8 Å². The first kappa shape index (κ1) is 10.5. The number of ether oxygens (including phenoxy) is 2. The summed E-state index contributed by atoms with van der Waals surface area (Å²) in [7, 11) is 1.64. The zero-order valence-electron chi connectivity index (χ0n) is 9.84. The van der Waals surface area contributed by atoms with Crippen LogP contribution in [0.3, 0.4) is 0 Å². The average molecular weight is 226 g/mol. The van der Waals surface area contributed by atoms with E-state index >= 15 is 0 Å². The van der Waals surface area contributed by atoms with Gasteiger partial charge < -0.3 is 14.6 Å². The maximum absolute atomic E-state index is 11.7. The summed E-state index contributed by atoms with van der Waals surface area (Å²) in [5.41, 5.74) is -0.0329. The van der Waals surface area contributed by atoms with E-state index in [1.807, 2.05) is 0 Å². The SMILES string of the molecule is COC1C(O)C2C3C(=O)OCC3C1C2(C)C. The van der Waals surface area contributed by atoms with E-state index in [1.165, 1.54) is 0 Å². The first-order valence-electron chi connectivity index (χ1n) is 5.87. The Morgan fingerprint density at radius 1 is 1.44 bits per heavy atom. The molecule has 2 aliphatic carbocycles. The van der Waals surface area contributed by atoms with Crippen molar-refractivity contribution in [2.24, 2.45) is 29.1 Å². The molecule has 0 amide bonds. The third-order valence-electron chi connectivity index (χ3n) is 5.05. The molecule has 2 bridgehead atoms. The van der Waals surface area contributed by atoms with Gasteiger partial charge in [-0.15, -0.1) is 0 Å². The van der Waals surface area contributed by atoms with Crippen LogP contribution in [-0.4, -0.2) is 37.0 Å². The summed E-state index contributed by atoms with van der Waals surface area (Å²) in [5.74, 6) is 0.220. The third-order valence-corrected chi connectivity index (χ3v) is 5.05. The number of carbonyl (C=O) groups is 1. The van der Waals surface area contributed by atoms with Gasteiger partial charge in [0, 0.05) is 24.9 Å². The topological polar surface area (TPSA) is 55.8 Å². The van der Waals surface area contributed by atoms with E-state index in [0.717, 1.165) is 0 Å². The highest BCUT2D eigenvalue weighted by atomic mass is 16.5. The monoisotopic (exact) mass is 226 g/mol. The van der Waals surface area contributed by atoms with E-state index in [9.17, 15) is 9.90 Å². The zero-order chi connectivity index (χ0) is 11.7. The average Bonchev–Trinajstić information content (AvgIpc) is 2.73. The van der Waals surface area contributed by atoms with Gasteiger partial charge in [-0.25, -0.2) is 0 Å². The van der Waals surface area contributed by atoms with Crippen molar-refractivity contribution in [3.63, 3.8) is 0 Å². The Labute approximate surface area is 94.9 Å². The van der Waals surface area contributed by atoms with Gasteiger partial charge >= 0.3 is 5.97 Å². The van der Waals surface area contributed by atoms with Crippen LogP contribution in [0.2, 0.25) is 0 Å². The Kier molecular flexibility index (Phi) is 1.97. The highest BCUT2D eigenvalue weighted by Gasteiger charge is 2.71. The van der Waals surface area contributed by atoms with Gasteiger partial charge in [0.25, 0.3) is 0 Å².